The van der Waals surface area contributed by atoms with Crippen molar-refractivity contribution >= 4 is 28.9 Å². The summed E-state index contributed by atoms with van der Waals surface area (Å²) in [6.45, 7) is 0.452. The molecule has 2 bridgehead atoms. The molecular formula is C27H25Cl2N3O2. The molecule has 2 unspecified atom stereocenters. The van der Waals surface area contributed by atoms with E-state index in [2.05, 4.69) is 28.3 Å². The summed E-state index contributed by atoms with van der Waals surface area (Å²) in [6, 6.07) is 16.6. The number of rotatable bonds is 6. The van der Waals surface area contributed by atoms with Crippen LogP contribution in [0.5, 0.6) is 0 Å². The van der Waals surface area contributed by atoms with Crippen LogP contribution in [-0.4, -0.2) is 23.3 Å². The van der Waals surface area contributed by atoms with E-state index in [0.717, 1.165) is 42.6 Å². The van der Waals surface area contributed by atoms with E-state index in [-0.39, 0.29) is 6.10 Å². The molecule has 5 nitrogen and oxygen atoms in total. The molecule has 2 aliphatic heterocycles. The molecule has 174 valence electrons. The van der Waals surface area contributed by atoms with Crippen LogP contribution in [0.15, 0.2) is 47.0 Å². The molecule has 1 saturated carbocycles. The van der Waals surface area contributed by atoms with Crippen molar-refractivity contribution in [2.24, 2.45) is 0 Å². The molecule has 2 atom stereocenters. The summed E-state index contributed by atoms with van der Waals surface area (Å²) in [6.07, 6.45) is 6.74. The van der Waals surface area contributed by atoms with Crippen LogP contribution >= 0.6 is 23.2 Å². The number of piperidine rings is 1. The number of benzene rings is 2. The number of aromatic nitrogens is 1. The van der Waals surface area contributed by atoms with E-state index in [9.17, 15) is 0 Å². The normalized spacial score (nSPS) is 23.8. The highest BCUT2D eigenvalue weighted by molar-refractivity contribution is 6.39. The second-order valence-corrected chi connectivity index (χ2v) is 10.4. The minimum atomic E-state index is 0.184. The molecule has 3 aromatic rings. The maximum absolute atomic E-state index is 9.10. The Bertz CT molecular complexity index is 1210. The first-order valence-corrected chi connectivity index (χ1v) is 12.7. The van der Waals surface area contributed by atoms with E-state index in [1.807, 2.05) is 30.3 Å². The predicted molar refractivity (Wildman–Crippen MR) is 132 cm³/mol. The van der Waals surface area contributed by atoms with Crippen LogP contribution in [0.4, 0.5) is 5.69 Å². The number of nitrogens with zero attached hydrogens (tertiary/aromatic N) is 3. The summed E-state index contributed by atoms with van der Waals surface area (Å²) in [5.41, 5.74) is 4.31. The van der Waals surface area contributed by atoms with Crippen LogP contribution in [0.1, 0.15) is 61.3 Å². The molecule has 2 saturated heterocycles. The van der Waals surface area contributed by atoms with Gasteiger partial charge >= 0.3 is 0 Å². The van der Waals surface area contributed by atoms with Gasteiger partial charge in [-0.15, -0.1) is 0 Å². The first kappa shape index (κ1) is 22.0. The number of hydrogen-bond donors (Lipinski definition) is 0. The molecule has 6 rings (SSSR count). The Morgan fingerprint density at radius 1 is 1.00 bits per heavy atom. The van der Waals surface area contributed by atoms with Crippen molar-refractivity contribution in [3.8, 4) is 17.3 Å². The highest BCUT2D eigenvalue weighted by Crippen LogP contribution is 2.47. The van der Waals surface area contributed by atoms with Crippen molar-refractivity contribution in [1.82, 2.24) is 5.16 Å². The highest BCUT2D eigenvalue weighted by Gasteiger charge is 2.41. The lowest BCUT2D eigenvalue weighted by atomic mass is 9.98. The summed E-state index contributed by atoms with van der Waals surface area (Å²) >= 11 is 13.0. The summed E-state index contributed by atoms with van der Waals surface area (Å²) in [5, 5.41) is 14.6. The SMILES string of the molecule is N#Cc1ccc(N2C3CCC2CC(OCc2c(-c4c(Cl)cccc4Cl)noc2C2CC2)C3)cc1. The van der Waals surface area contributed by atoms with Crippen LogP contribution in [0, 0.1) is 11.3 Å². The lowest BCUT2D eigenvalue weighted by Gasteiger charge is -2.40. The van der Waals surface area contributed by atoms with Gasteiger partial charge < -0.3 is 14.2 Å². The quantitative estimate of drug-likeness (QED) is 0.365. The van der Waals surface area contributed by atoms with E-state index in [0.29, 0.717) is 45.9 Å². The summed E-state index contributed by atoms with van der Waals surface area (Å²) in [5.74, 6) is 1.33. The third-order valence-corrected chi connectivity index (χ3v) is 8.04. The van der Waals surface area contributed by atoms with E-state index >= 15 is 0 Å². The lowest BCUT2D eigenvalue weighted by molar-refractivity contribution is 0.0147. The molecule has 1 aromatic heterocycles. The van der Waals surface area contributed by atoms with E-state index in [4.69, 9.17) is 37.7 Å². The molecule has 2 aromatic carbocycles. The monoisotopic (exact) mass is 493 g/mol. The fourth-order valence-corrected chi connectivity index (χ4v) is 6.22. The third kappa shape index (κ3) is 3.98. The third-order valence-electron chi connectivity index (χ3n) is 7.41. The standard InChI is InChI=1S/C27H25Cl2N3O2/c28-23-2-1-3-24(29)25(23)26-22(27(34-31-26)17-6-7-17)15-33-21-12-19-10-11-20(13-21)32(19)18-8-4-16(14-30)5-9-18/h1-5,8-9,17,19-21H,6-7,10-13,15H2. The van der Waals surface area contributed by atoms with Crippen molar-refractivity contribution in [3.63, 3.8) is 0 Å². The maximum Gasteiger partial charge on any atom is 0.145 e. The van der Waals surface area contributed by atoms with Crippen molar-refractivity contribution in [2.45, 2.75) is 69.2 Å². The number of anilines is 1. The van der Waals surface area contributed by atoms with Gasteiger partial charge in [-0.3, -0.25) is 0 Å². The zero-order valence-corrected chi connectivity index (χ0v) is 20.2. The molecule has 0 amide bonds. The van der Waals surface area contributed by atoms with Crippen LogP contribution < -0.4 is 4.90 Å². The van der Waals surface area contributed by atoms with Gasteiger partial charge in [0.15, 0.2) is 0 Å². The Morgan fingerprint density at radius 2 is 1.68 bits per heavy atom. The number of ether oxygens (including phenoxy) is 1. The van der Waals surface area contributed by atoms with Gasteiger partial charge in [0.25, 0.3) is 0 Å². The van der Waals surface area contributed by atoms with Gasteiger partial charge in [-0.1, -0.05) is 34.4 Å². The molecule has 7 heteroatoms. The van der Waals surface area contributed by atoms with Gasteiger partial charge in [-0.05, 0) is 74.9 Å². The summed E-state index contributed by atoms with van der Waals surface area (Å²) in [7, 11) is 0. The van der Waals surface area contributed by atoms with Gasteiger partial charge in [0, 0.05) is 34.8 Å². The first-order valence-electron chi connectivity index (χ1n) is 11.9. The highest BCUT2D eigenvalue weighted by atomic mass is 35.5. The molecule has 0 radical (unpaired) electrons. The molecular weight excluding hydrogens is 469 g/mol. The predicted octanol–water partition coefficient (Wildman–Crippen LogP) is 7.11. The average molecular weight is 494 g/mol. The van der Waals surface area contributed by atoms with Crippen LogP contribution in [0.25, 0.3) is 11.3 Å². The fourth-order valence-electron chi connectivity index (χ4n) is 5.64. The Morgan fingerprint density at radius 3 is 2.29 bits per heavy atom. The minimum absolute atomic E-state index is 0.184. The molecule has 3 heterocycles. The second kappa shape index (κ2) is 8.92. The smallest absolute Gasteiger partial charge is 0.145 e. The zero-order chi connectivity index (χ0) is 23.2. The van der Waals surface area contributed by atoms with E-state index in [1.54, 1.807) is 0 Å². The molecule has 34 heavy (non-hydrogen) atoms. The van der Waals surface area contributed by atoms with Crippen molar-refractivity contribution < 1.29 is 9.26 Å². The van der Waals surface area contributed by atoms with Gasteiger partial charge in [-0.25, -0.2) is 0 Å². The fraction of sp³-hybridized carbons (Fsp3) is 0.407. The van der Waals surface area contributed by atoms with Crippen molar-refractivity contribution in [3.05, 3.63) is 69.4 Å². The van der Waals surface area contributed by atoms with Crippen LogP contribution in [-0.2, 0) is 11.3 Å². The largest absolute Gasteiger partial charge is 0.373 e. The summed E-state index contributed by atoms with van der Waals surface area (Å²) < 4.78 is 12.3. The minimum Gasteiger partial charge on any atom is -0.373 e. The molecule has 3 aliphatic rings. The Hall–Kier alpha value is -2.52. The van der Waals surface area contributed by atoms with Gasteiger partial charge in [0.05, 0.1) is 34.4 Å². The maximum atomic E-state index is 9.10. The molecule has 0 spiro atoms. The number of halogens is 2. The first-order chi connectivity index (χ1) is 16.6. The van der Waals surface area contributed by atoms with E-state index < -0.39 is 0 Å². The van der Waals surface area contributed by atoms with E-state index in [1.165, 1.54) is 18.5 Å². The Labute approximate surface area is 209 Å². The summed E-state index contributed by atoms with van der Waals surface area (Å²) in [4.78, 5) is 2.53. The van der Waals surface area contributed by atoms with Crippen LogP contribution in [0.2, 0.25) is 10.0 Å². The van der Waals surface area contributed by atoms with Gasteiger partial charge in [0.1, 0.15) is 11.5 Å². The van der Waals surface area contributed by atoms with Crippen LogP contribution in [0.3, 0.4) is 0 Å². The van der Waals surface area contributed by atoms with Gasteiger partial charge in [-0.2, -0.15) is 5.26 Å². The number of fused-ring (bicyclic) bond motifs is 2. The number of nitriles is 1. The molecule has 1 aliphatic carbocycles. The van der Waals surface area contributed by atoms with Gasteiger partial charge in [0.2, 0.25) is 0 Å². The number of hydrogen-bond acceptors (Lipinski definition) is 5. The lowest BCUT2D eigenvalue weighted by Crippen LogP contribution is -2.45. The topological polar surface area (TPSA) is 62.3 Å². The van der Waals surface area contributed by atoms with Crippen molar-refractivity contribution in [1.29, 1.82) is 5.26 Å². The van der Waals surface area contributed by atoms with Crippen molar-refractivity contribution in [2.75, 3.05) is 4.90 Å². The Kier molecular flexibility index (Phi) is 5.77. The average Bonchev–Trinajstić information content (AvgIpc) is 3.55. The second-order valence-electron chi connectivity index (χ2n) is 9.60. The molecule has 3 fully saturated rings. The Balaban J connectivity index is 1.20. The molecule has 0 N–H and O–H groups in total. The zero-order valence-electron chi connectivity index (χ0n) is 18.7.